The molecule has 1 spiro atoms. The molecule has 0 saturated carbocycles. The molecule has 184 valence electrons. The van der Waals surface area contributed by atoms with Crippen molar-refractivity contribution in [2.24, 2.45) is 0 Å². The zero-order chi connectivity index (χ0) is 25.2. The van der Waals surface area contributed by atoms with Gasteiger partial charge in [0, 0.05) is 31.3 Å². The predicted molar refractivity (Wildman–Crippen MR) is 131 cm³/mol. The monoisotopic (exact) mass is 478 g/mol. The summed E-state index contributed by atoms with van der Waals surface area (Å²) in [4.78, 5) is 43.9. The number of aliphatic hydroxyl groups excluding tert-OH is 1. The summed E-state index contributed by atoms with van der Waals surface area (Å²) in [6.45, 7) is 4.95. The van der Waals surface area contributed by atoms with Crippen molar-refractivity contribution < 1.29 is 29.0 Å². The van der Waals surface area contributed by atoms with E-state index in [4.69, 9.17) is 9.47 Å². The number of anilines is 1. The van der Waals surface area contributed by atoms with Crippen LogP contribution in [0.15, 0.2) is 54.1 Å². The first-order chi connectivity index (χ1) is 16.9. The fourth-order valence-corrected chi connectivity index (χ4v) is 4.91. The Balaban J connectivity index is 1.97. The van der Waals surface area contributed by atoms with Crippen LogP contribution in [0.1, 0.15) is 37.8 Å². The second-order valence-electron chi connectivity index (χ2n) is 8.50. The van der Waals surface area contributed by atoms with Gasteiger partial charge in [-0.1, -0.05) is 31.5 Å². The number of unbranched alkanes of at least 4 members (excludes halogenated alkanes) is 1. The molecule has 0 aliphatic carbocycles. The fraction of sp³-hybridized carbons (Fsp3) is 0.370. The van der Waals surface area contributed by atoms with Crippen LogP contribution >= 0.6 is 0 Å². The van der Waals surface area contributed by atoms with E-state index in [-0.39, 0.29) is 18.7 Å². The molecular formula is C27H30N2O6. The topological polar surface area (TPSA) is 96.4 Å². The van der Waals surface area contributed by atoms with Gasteiger partial charge < -0.3 is 24.4 Å². The number of carbonyl (C=O) groups excluding carboxylic acids is 3. The van der Waals surface area contributed by atoms with Crippen LogP contribution in [0.25, 0.3) is 5.76 Å². The molecule has 8 nitrogen and oxygen atoms in total. The van der Waals surface area contributed by atoms with E-state index in [1.165, 1.54) is 12.0 Å². The maximum absolute atomic E-state index is 14.2. The second kappa shape index (κ2) is 9.92. The minimum atomic E-state index is -1.76. The molecule has 2 heterocycles. The van der Waals surface area contributed by atoms with Gasteiger partial charge in [-0.25, -0.2) is 0 Å². The van der Waals surface area contributed by atoms with Crippen LogP contribution in [0.5, 0.6) is 5.75 Å². The highest BCUT2D eigenvalue weighted by Gasteiger charge is 2.66. The highest BCUT2D eigenvalue weighted by Crippen LogP contribution is 2.53. The lowest BCUT2D eigenvalue weighted by Gasteiger charge is -2.34. The van der Waals surface area contributed by atoms with Crippen LogP contribution in [0.4, 0.5) is 5.69 Å². The third-order valence-corrected chi connectivity index (χ3v) is 6.50. The summed E-state index contributed by atoms with van der Waals surface area (Å²) in [5.41, 5.74) is -0.537. The highest BCUT2D eigenvalue weighted by atomic mass is 16.5. The van der Waals surface area contributed by atoms with Crippen molar-refractivity contribution in [2.75, 3.05) is 38.3 Å². The van der Waals surface area contributed by atoms with Crippen LogP contribution in [0.3, 0.4) is 0 Å². The van der Waals surface area contributed by atoms with Crippen LogP contribution in [-0.2, 0) is 24.7 Å². The number of aliphatic hydroxyl groups is 1. The predicted octanol–water partition coefficient (Wildman–Crippen LogP) is 3.45. The number of methoxy groups -OCH3 is 1. The number of para-hydroxylation sites is 1. The second-order valence-corrected chi connectivity index (χ2v) is 8.50. The summed E-state index contributed by atoms with van der Waals surface area (Å²) in [5.74, 6) is -1.95. The summed E-state index contributed by atoms with van der Waals surface area (Å²) >= 11 is 0. The smallest absolute Gasteiger partial charge is 0.296 e. The van der Waals surface area contributed by atoms with Crippen molar-refractivity contribution in [1.29, 1.82) is 0 Å². The van der Waals surface area contributed by atoms with Gasteiger partial charge in [-0.05, 0) is 43.7 Å². The number of rotatable bonds is 9. The summed E-state index contributed by atoms with van der Waals surface area (Å²) in [6.07, 6.45) is 1.62. The Hall–Kier alpha value is -3.65. The number of ketones is 1. The third kappa shape index (κ3) is 3.78. The number of ether oxygens (including phenoxy) is 2. The molecule has 2 amide bonds. The molecule has 1 fully saturated rings. The lowest BCUT2D eigenvalue weighted by molar-refractivity contribution is -0.144. The van der Waals surface area contributed by atoms with Crippen molar-refractivity contribution in [3.63, 3.8) is 0 Å². The molecule has 2 aliphatic rings. The molecule has 0 aromatic heterocycles. The number of nitrogens with zero attached hydrogens (tertiary/aromatic N) is 2. The van der Waals surface area contributed by atoms with E-state index < -0.39 is 28.9 Å². The highest BCUT2D eigenvalue weighted by molar-refractivity contribution is 6.50. The Morgan fingerprint density at radius 2 is 1.71 bits per heavy atom. The standard InChI is InChI=1S/C27H30N2O6/c1-4-6-15-28-21-10-8-7-9-20(21)27(26(28)33)22(24(31)25(32)29(27)16-17-34-3)23(30)18-11-13-19(14-12-18)35-5-2/h7-14,30H,4-6,15-17H2,1-3H3/t27-/m0/s1. The van der Waals surface area contributed by atoms with Crippen LogP contribution in [0.2, 0.25) is 0 Å². The number of likely N-dealkylation sites (tertiary alicyclic amines) is 1. The number of benzene rings is 2. The number of hydrogen-bond acceptors (Lipinski definition) is 6. The van der Waals surface area contributed by atoms with E-state index in [1.807, 2.05) is 26.0 Å². The summed E-state index contributed by atoms with van der Waals surface area (Å²) < 4.78 is 10.7. The Morgan fingerprint density at radius 3 is 2.37 bits per heavy atom. The fourth-order valence-electron chi connectivity index (χ4n) is 4.91. The zero-order valence-electron chi connectivity index (χ0n) is 20.2. The van der Waals surface area contributed by atoms with Gasteiger partial charge in [-0.2, -0.15) is 0 Å². The lowest BCUT2D eigenvalue weighted by atomic mass is 9.82. The summed E-state index contributed by atoms with van der Waals surface area (Å²) in [7, 11) is 1.49. The van der Waals surface area contributed by atoms with Gasteiger partial charge in [0.2, 0.25) is 0 Å². The van der Waals surface area contributed by atoms with Gasteiger partial charge in [-0.3, -0.25) is 14.4 Å². The minimum Gasteiger partial charge on any atom is -0.507 e. The lowest BCUT2D eigenvalue weighted by Crippen LogP contribution is -2.52. The Morgan fingerprint density at radius 1 is 1.00 bits per heavy atom. The summed E-state index contributed by atoms with van der Waals surface area (Å²) in [6, 6.07) is 13.7. The average molecular weight is 479 g/mol. The van der Waals surface area contributed by atoms with Crippen LogP contribution in [-0.4, -0.2) is 61.0 Å². The Kier molecular flexibility index (Phi) is 6.93. The van der Waals surface area contributed by atoms with Crippen LogP contribution < -0.4 is 9.64 Å². The largest absolute Gasteiger partial charge is 0.507 e. The van der Waals surface area contributed by atoms with Crippen molar-refractivity contribution in [3.8, 4) is 5.75 Å². The minimum absolute atomic E-state index is 0.0167. The first-order valence-electron chi connectivity index (χ1n) is 11.9. The molecule has 1 atom stereocenters. The molecule has 2 aliphatic heterocycles. The van der Waals surface area contributed by atoms with Crippen molar-refractivity contribution in [2.45, 2.75) is 32.2 Å². The zero-order valence-corrected chi connectivity index (χ0v) is 20.2. The van der Waals surface area contributed by atoms with E-state index >= 15 is 0 Å². The maximum atomic E-state index is 14.2. The number of fused-ring (bicyclic) bond motifs is 2. The van der Waals surface area contributed by atoms with Gasteiger partial charge in [-0.15, -0.1) is 0 Å². The molecular weight excluding hydrogens is 448 g/mol. The molecule has 8 heteroatoms. The molecule has 0 radical (unpaired) electrons. The summed E-state index contributed by atoms with van der Waals surface area (Å²) in [5, 5.41) is 11.4. The van der Waals surface area contributed by atoms with Gasteiger partial charge in [0.25, 0.3) is 17.6 Å². The Bertz CT molecular complexity index is 1170. The molecule has 1 saturated heterocycles. The first kappa shape index (κ1) is 24.5. The molecule has 0 bridgehead atoms. The molecule has 4 rings (SSSR count). The number of carbonyl (C=O) groups is 3. The number of hydrogen-bond donors (Lipinski definition) is 1. The normalized spacial score (nSPS) is 20.7. The van der Waals surface area contributed by atoms with Gasteiger partial charge >= 0.3 is 0 Å². The SMILES string of the molecule is CCCCN1C(=O)[C@@]2(C(=C(O)c3ccc(OCC)cc3)C(=O)C(=O)N2CCOC)c2ccccc21. The molecule has 2 aromatic rings. The number of amides is 2. The van der Waals surface area contributed by atoms with E-state index in [9.17, 15) is 19.5 Å². The molecule has 0 unspecified atom stereocenters. The van der Waals surface area contributed by atoms with Crippen molar-refractivity contribution in [3.05, 3.63) is 65.2 Å². The van der Waals surface area contributed by atoms with E-state index in [0.29, 0.717) is 35.7 Å². The van der Waals surface area contributed by atoms with E-state index in [2.05, 4.69) is 0 Å². The van der Waals surface area contributed by atoms with Crippen molar-refractivity contribution >= 4 is 29.0 Å². The molecule has 1 N–H and O–H groups in total. The van der Waals surface area contributed by atoms with E-state index in [1.54, 1.807) is 41.3 Å². The van der Waals surface area contributed by atoms with E-state index in [0.717, 1.165) is 12.8 Å². The number of Topliss-reactive ketones (excluding diaryl/α,β-unsaturated/α-hetero) is 1. The quantitative estimate of drug-likeness (QED) is 0.337. The molecule has 2 aromatic carbocycles. The molecule has 35 heavy (non-hydrogen) atoms. The first-order valence-corrected chi connectivity index (χ1v) is 11.9. The average Bonchev–Trinajstić information content (AvgIpc) is 3.24. The van der Waals surface area contributed by atoms with Crippen LogP contribution in [0, 0.1) is 0 Å². The Labute approximate surface area is 204 Å². The third-order valence-electron chi connectivity index (χ3n) is 6.50. The van der Waals surface area contributed by atoms with Crippen molar-refractivity contribution in [1.82, 2.24) is 4.90 Å². The van der Waals surface area contributed by atoms with Gasteiger partial charge in [0.05, 0.1) is 24.5 Å². The van der Waals surface area contributed by atoms with Gasteiger partial charge in [0.15, 0.2) is 5.54 Å². The van der Waals surface area contributed by atoms with Gasteiger partial charge in [0.1, 0.15) is 11.5 Å². The maximum Gasteiger partial charge on any atom is 0.296 e.